The van der Waals surface area contributed by atoms with Crippen molar-refractivity contribution in [3.8, 4) is 6.07 Å². The molecule has 1 atom stereocenters. The number of anilines is 1. The van der Waals surface area contributed by atoms with Crippen LogP contribution in [0.25, 0.3) is 0 Å². The van der Waals surface area contributed by atoms with Crippen LogP contribution in [0, 0.1) is 11.3 Å². The van der Waals surface area contributed by atoms with Crippen LogP contribution in [0.2, 0.25) is 0 Å². The maximum atomic E-state index is 12.9. The van der Waals surface area contributed by atoms with Crippen LogP contribution in [0.5, 0.6) is 0 Å². The summed E-state index contributed by atoms with van der Waals surface area (Å²) in [5.74, 6) is -0.231. The Kier molecular flexibility index (Phi) is 3.65. The van der Waals surface area contributed by atoms with Crippen molar-refractivity contribution in [1.29, 1.82) is 5.26 Å². The molecule has 0 spiro atoms. The Morgan fingerprint density at radius 2 is 2.05 bits per heavy atom. The Bertz CT molecular complexity index is 662. The smallest absolute Gasteiger partial charge is 0.381 e. The van der Waals surface area contributed by atoms with E-state index >= 15 is 0 Å². The van der Waals surface area contributed by atoms with E-state index in [0.717, 1.165) is 18.2 Å². The van der Waals surface area contributed by atoms with Gasteiger partial charge in [0.1, 0.15) is 0 Å². The molecule has 1 heterocycles. The molecule has 0 aliphatic carbocycles. The quantitative estimate of drug-likeness (QED) is 0.909. The predicted molar refractivity (Wildman–Crippen MR) is 66.8 cm³/mol. The van der Waals surface area contributed by atoms with Crippen molar-refractivity contribution in [2.45, 2.75) is 18.6 Å². The summed E-state index contributed by atoms with van der Waals surface area (Å²) in [7, 11) is -3.19. The number of nitrogens with one attached hydrogen (secondary N) is 1. The summed E-state index contributed by atoms with van der Waals surface area (Å²) in [6, 6.07) is 4.20. The van der Waals surface area contributed by atoms with Crippen LogP contribution >= 0.6 is 0 Å². The van der Waals surface area contributed by atoms with E-state index in [1.165, 1.54) is 0 Å². The molecule has 1 aliphatic heterocycles. The molecular formula is C12H11F3N2O2S. The van der Waals surface area contributed by atoms with E-state index in [4.69, 9.17) is 5.26 Å². The zero-order valence-corrected chi connectivity index (χ0v) is 11.1. The van der Waals surface area contributed by atoms with Crippen molar-refractivity contribution < 1.29 is 21.6 Å². The van der Waals surface area contributed by atoms with E-state index in [2.05, 4.69) is 5.32 Å². The average Bonchev–Trinajstić information content (AvgIpc) is 2.67. The van der Waals surface area contributed by atoms with Crippen molar-refractivity contribution in [3.63, 3.8) is 0 Å². The second-order valence-electron chi connectivity index (χ2n) is 4.61. The Morgan fingerprint density at radius 1 is 1.35 bits per heavy atom. The van der Waals surface area contributed by atoms with Crippen molar-refractivity contribution >= 4 is 15.5 Å². The van der Waals surface area contributed by atoms with E-state index in [1.54, 1.807) is 6.07 Å². The fraction of sp³-hybridized carbons (Fsp3) is 0.417. The zero-order chi connectivity index (χ0) is 15.0. The molecular weight excluding hydrogens is 293 g/mol. The summed E-state index contributed by atoms with van der Waals surface area (Å²) in [5.41, 5.74) is -1.07. The minimum absolute atomic E-state index is 0.0377. The highest BCUT2D eigenvalue weighted by Crippen LogP contribution is 2.36. The lowest BCUT2D eigenvalue weighted by Crippen LogP contribution is -2.23. The summed E-state index contributed by atoms with van der Waals surface area (Å²) < 4.78 is 61.2. The molecule has 0 radical (unpaired) electrons. The SMILES string of the molecule is N#Cc1ccc(C(F)(F)F)c(N[C@@H]2CCS(=O)(=O)C2)c1. The summed E-state index contributed by atoms with van der Waals surface area (Å²) in [4.78, 5) is 0. The number of nitriles is 1. The van der Waals surface area contributed by atoms with E-state index in [-0.39, 0.29) is 29.2 Å². The minimum Gasteiger partial charge on any atom is -0.381 e. The molecule has 1 aliphatic rings. The van der Waals surface area contributed by atoms with E-state index in [0.29, 0.717) is 0 Å². The molecule has 20 heavy (non-hydrogen) atoms. The monoisotopic (exact) mass is 304 g/mol. The van der Waals surface area contributed by atoms with Gasteiger partial charge in [0.15, 0.2) is 9.84 Å². The molecule has 4 nitrogen and oxygen atoms in total. The van der Waals surface area contributed by atoms with Crippen LogP contribution in [0.15, 0.2) is 18.2 Å². The third kappa shape index (κ3) is 3.22. The van der Waals surface area contributed by atoms with Gasteiger partial charge >= 0.3 is 6.18 Å². The molecule has 0 unspecified atom stereocenters. The number of sulfone groups is 1. The first-order valence-electron chi connectivity index (χ1n) is 5.79. The van der Waals surface area contributed by atoms with Crippen molar-refractivity contribution in [2.75, 3.05) is 16.8 Å². The fourth-order valence-corrected chi connectivity index (χ4v) is 3.78. The average molecular weight is 304 g/mol. The molecule has 1 fully saturated rings. The molecule has 0 bridgehead atoms. The Labute approximate surface area is 114 Å². The van der Waals surface area contributed by atoms with Gasteiger partial charge in [-0.1, -0.05) is 0 Å². The van der Waals surface area contributed by atoms with E-state index in [9.17, 15) is 21.6 Å². The summed E-state index contributed by atoms with van der Waals surface area (Å²) in [6.45, 7) is 0. The topological polar surface area (TPSA) is 70.0 Å². The summed E-state index contributed by atoms with van der Waals surface area (Å²) >= 11 is 0. The van der Waals surface area contributed by atoms with Crippen LogP contribution < -0.4 is 5.32 Å². The van der Waals surface area contributed by atoms with Crippen molar-refractivity contribution in [2.24, 2.45) is 0 Å². The normalized spacial score (nSPS) is 21.4. The van der Waals surface area contributed by atoms with Gasteiger partial charge in [-0.3, -0.25) is 0 Å². The number of hydrogen-bond donors (Lipinski definition) is 1. The van der Waals surface area contributed by atoms with Gasteiger partial charge in [0.2, 0.25) is 0 Å². The van der Waals surface area contributed by atoms with E-state index < -0.39 is 27.6 Å². The van der Waals surface area contributed by atoms with Gasteiger partial charge in [-0.15, -0.1) is 0 Å². The number of alkyl halides is 3. The van der Waals surface area contributed by atoms with Gasteiger partial charge in [0.25, 0.3) is 0 Å². The second kappa shape index (κ2) is 4.98. The van der Waals surface area contributed by atoms with E-state index in [1.807, 2.05) is 0 Å². The van der Waals surface area contributed by atoms with Crippen LogP contribution in [-0.2, 0) is 16.0 Å². The third-order valence-corrected chi connectivity index (χ3v) is 4.81. The molecule has 1 aromatic rings. The van der Waals surface area contributed by atoms with Gasteiger partial charge in [-0.25, -0.2) is 8.42 Å². The highest BCUT2D eigenvalue weighted by molar-refractivity contribution is 7.91. The highest BCUT2D eigenvalue weighted by Gasteiger charge is 2.35. The number of hydrogen-bond acceptors (Lipinski definition) is 4. The molecule has 0 aromatic heterocycles. The molecule has 108 valence electrons. The molecule has 1 aromatic carbocycles. The van der Waals surface area contributed by atoms with Gasteiger partial charge in [-0.05, 0) is 24.6 Å². The van der Waals surface area contributed by atoms with Crippen molar-refractivity contribution in [3.05, 3.63) is 29.3 Å². The molecule has 2 rings (SSSR count). The molecule has 0 amide bonds. The van der Waals surface area contributed by atoms with Gasteiger partial charge in [0, 0.05) is 11.7 Å². The Hall–Kier alpha value is -1.75. The minimum atomic E-state index is -4.56. The standard InChI is InChI=1S/C12H11F3N2O2S/c13-12(14,15)10-2-1-8(6-16)5-11(10)17-9-3-4-20(18,19)7-9/h1-2,5,9,17H,3-4,7H2/t9-/m1/s1. The first-order chi connectivity index (χ1) is 9.21. The number of rotatable bonds is 2. The lowest BCUT2D eigenvalue weighted by Gasteiger charge is -2.18. The molecule has 1 saturated heterocycles. The van der Waals surface area contributed by atoms with Gasteiger partial charge in [-0.2, -0.15) is 18.4 Å². The van der Waals surface area contributed by atoms with Gasteiger partial charge in [0.05, 0.1) is 28.7 Å². The van der Waals surface area contributed by atoms with Crippen molar-refractivity contribution in [1.82, 2.24) is 0 Å². The maximum Gasteiger partial charge on any atom is 0.418 e. The molecule has 0 saturated carbocycles. The highest BCUT2D eigenvalue weighted by atomic mass is 32.2. The molecule has 8 heteroatoms. The lowest BCUT2D eigenvalue weighted by atomic mass is 10.1. The zero-order valence-electron chi connectivity index (χ0n) is 10.2. The summed E-state index contributed by atoms with van der Waals surface area (Å²) in [6.07, 6.45) is -4.30. The van der Waals surface area contributed by atoms with Crippen LogP contribution in [0.3, 0.4) is 0 Å². The van der Waals surface area contributed by atoms with Crippen LogP contribution in [0.1, 0.15) is 17.5 Å². The third-order valence-electron chi connectivity index (χ3n) is 3.05. The number of halogens is 3. The number of benzene rings is 1. The first-order valence-corrected chi connectivity index (χ1v) is 7.62. The second-order valence-corrected chi connectivity index (χ2v) is 6.84. The van der Waals surface area contributed by atoms with Crippen LogP contribution in [-0.4, -0.2) is 26.0 Å². The Morgan fingerprint density at radius 3 is 2.55 bits per heavy atom. The largest absolute Gasteiger partial charge is 0.418 e. The molecule has 1 N–H and O–H groups in total. The first kappa shape index (κ1) is 14.7. The summed E-state index contributed by atoms with van der Waals surface area (Å²) in [5, 5.41) is 11.3. The maximum absolute atomic E-state index is 12.9. The lowest BCUT2D eigenvalue weighted by molar-refractivity contribution is -0.137. The van der Waals surface area contributed by atoms with Crippen LogP contribution in [0.4, 0.5) is 18.9 Å². The fourth-order valence-electron chi connectivity index (χ4n) is 2.11. The Balaban J connectivity index is 2.32. The van der Waals surface area contributed by atoms with Gasteiger partial charge < -0.3 is 5.32 Å². The number of nitrogens with zero attached hydrogens (tertiary/aromatic N) is 1. The predicted octanol–water partition coefficient (Wildman–Crippen LogP) is 2.18.